The topological polar surface area (TPSA) is 84.3 Å². The fourth-order valence-electron chi connectivity index (χ4n) is 3.24. The molecule has 7 nitrogen and oxygen atoms in total. The molecule has 0 saturated heterocycles. The summed E-state index contributed by atoms with van der Waals surface area (Å²) in [6, 6.07) is 15.9. The zero-order valence-corrected chi connectivity index (χ0v) is 20.3. The molecular weight excluding hydrogens is 436 g/mol. The third kappa shape index (κ3) is 6.32. The minimum atomic E-state index is -0.554. The highest BCUT2D eigenvalue weighted by Gasteiger charge is 2.13. The number of nitrogens with one attached hydrogen (secondary N) is 1. The lowest BCUT2D eigenvalue weighted by molar-refractivity contribution is 0.388. The zero-order valence-electron chi connectivity index (χ0n) is 19.5. The Kier molecular flexibility index (Phi) is 8.83. The molecule has 2 aromatic heterocycles. The van der Waals surface area contributed by atoms with Crippen molar-refractivity contribution in [3.05, 3.63) is 70.0 Å². The number of thiazole rings is 1. The van der Waals surface area contributed by atoms with Gasteiger partial charge in [0.05, 0.1) is 12.8 Å². The third-order valence-corrected chi connectivity index (χ3v) is 5.87. The fourth-order valence-corrected chi connectivity index (χ4v) is 4.10. The molecular formula is C25H32N4O3S. The first-order valence-corrected chi connectivity index (χ1v) is 12.0. The van der Waals surface area contributed by atoms with Crippen LogP contribution in [0.5, 0.6) is 5.75 Å². The van der Waals surface area contributed by atoms with Gasteiger partial charge in [0.25, 0.3) is 0 Å². The summed E-state index contributed by atoms with van der Waals surface area (Å²) in [4.78, 5) is 20.9. The molecule has 0 unspecified atom stereocenters. The Morgan fingerprint density at radius 2 is 1.79 bits per heavy atom. The highest BCUT2D eigenvalue weighted by Crippen LogP contribution is 2.30. The summed E-state index contributed by atoms with van der Waals surface area (Å²) in [6.07, 6.45) is 2.21. The van der Waals surface area contributed by atoms with Crippen molar-refractivity contribution in [2.75, 3.05) is 18.6 Å². The quantitative estimate of drug-likeness (QED) is 0.313. The number of hydrogen-bond acceptors (Lipinski definition) is 7. The summed E-state index contributed by atoms with van der Waals surface area (Å²) in [6.45, 7) is 7.88. The van der Waals surface area contributed by atoms with E-state index < -0.39 is 5.76 Å². The number of nitrogens with zero attached hydrogens (tertiary/aromatic N) is 3. The molecule has 0 atom stereocenters. The van der Waals surface area contributed by atoms with E-state index in [4.69, 9.17) is 9.72 Å². The Bertz CT molecular complexity index is 1170. The molecule has 4 rings (SSSR count). The standard InChI is InChI=1S/C23H24N4O3S.C2H6.H2/c1-3-4-13-27(14-16-5-7-18(8-6-16)21-25-23(28)30-26-21)22-24-20(15-31-22)17-9-11-19(29-2)12-10-17;1-2;/h5-12,15H,3-4,13-14H2,1-2H3,(H,25,26,28);1-2H3;1H. The van der Waals surface area contributed by atoms with E-state index in [-0.39, 0.29) is 1.43 Å². The molecule has 8 heteroatoms. The molecule has 176 valence electrons. The van der Waals surface area contributed by atoms with Gasteiger partial charge in [-0.2, -0.15) is 0 Å². The van der Waals surface area contributed by atoms with Gasteiger partial charge in [0.15, 0.2) is 11.0 Å². The van der Waals surface area contributed by atoms with Crippen molar-refractivity contribution in [1.82, 2.24) is 15.1 Å². The molecule has 0 fully saturated rings. The number of anilines is 1. The van der Waals surface area contributed by atoms with Gasteiger partial charge in [-0.3, -0.25) is 9.51 Å². The number of aromatic amines is 1. The number of hydrogen-bond donors (Lipinski definition) is 1. The second kappa shape index (κ2) is 12.0. The summed E-state index contributed by atoms with van der Waals surface area (Å²) in [5.74, 6) is 0.714. The van der Waals surface area contributed by atoms with E-state index in [9.17, 15) is 4.79 Å². The number of H-pyrrole nitrogens is 1. The predicted octanol–water partition coefficient (Wildman–Crippen LogP) is 6.24. The van der Waals surface area contributed by atoms with E-state index in [0.717, 1.165) is 59.2 Å². The number of rotatable bonds is 9. The van der Waals surface area contributed by atoms with Gasteiger partial charge in [-0.1, -0.05) is 56.6 Å². The smallest absolute Gasteiger partial charge is 0.439 e. The molecule has 0 bridgehead atoms. The van der Waals surface area contributed by atoms with Crippen LogP contribution in [0.3, 0.4) is 0 Å². The predicted molar refractivity (Wildman–Crippen MR) is 136 cm³/mol. The summed E-state index contributed by atoms with van der Waals surface area (Å²) >= 11 is 1.66. The maximum absolute atomic E-state index is 11.2. The van der Waals surface area contributed by atoms with Crippen molar-refractivity contribution in [2.24, 2.45) is 0 Å². The molecule has 2 aromatic carbocycles. The maximum Gasteiger partial charge on any atom is 0.439 e. The lowest BCUT2D eigenvalue weighted by Gasteiger charge is -2.22. The first-order valence-electron chi connectivity index (χ1n) is 11.2. The van der Waals surface area contributed by atoms with E-state index in [1.807, 2.05) is 62.4 Å². The first-order chi connectivity index (χ1) is 16.2. The van der Waals surface area contributed by atoms with Crippen LogP contribution in [-0.2, 0) is 6.54 Å². The summed E-state index contributed by atoms with van der Waals surface area (Å²) in [5, 5.41) is 6.84. The molecule has 0 aliphatic heterocycles. The van der Waals surface area contributed by atoms with Gasteiger partial charge in [-0.15, -0.1) is 11.3 Å². The second-order valence-electron chi connectivity index (χ2n) is 7.16. The highest BCUT2D eigenvalue weighted by atomic mass is 32.1. The van der Waals surface area contributed by atoms with Gasteiger partial charge in [0.1, 0.15) is 5.75 Å². The Balaban J connectivity index is 0.00000133. The molecule has 0 saturated carbocycles. The SMILES string of the molecule is CC.CCCCN(Cc1ccc(-c2noc(=O)[nH]2)cc1)c1nc(-c2ccc(OC)cc2)cs1.[HH]. The van der Waals surface area contributed by atoms with Gasteiger partial charge < -0.3 is 9.64 Å². The average molecular weight is 469 g/mol. The van der Waals surface area contributed by atoms with E-state index >= 15 is 0 Å². The minimum absolute atomic E-state index is 0. The molecule has 2 heterocycles. The lowest BCUT2D eigenvalue weighted by Crippen LogP contribution is -2.23. The lowest BCUT2D eigenvalue weighted by atomic mass is 10.1. The van der Waals surface area contributed by atoms with Gasteiger partial charge in [0.2, 0.25) is 0 Å². The van der Waals surface area contributed by atoms with Crippen LogP contribution in [0.4, 0.5) is 5.13 Å². The van der Waals surface area contributed by atoms with Gasteiger partial charge in [0, 0.05) is 31.0 Å². The van der Waals surface area contributed by atoms with Crippen LogP contribution in [0.15, 0.2) is 63.2 Å². The molecule has 0 radical (unpaired) electrons. The van der Waals surface area contributed by atoms with Gasteiger partial charge in [-0.25, -0.2) is 9.78 Å². The Labute approximate surface area is 199 Å². The molecule has 33 heavy (non-hydrogen) atoms. The van der Waals surface area contributed by atoms with Crippen LogP contribution in [0, 0.1) is 0 Å². The molecule has 0 spiro atoms. The molecule has 4 aromatic rings. The minimum Gasteiger partial charge on any atom is -0.497 e. The van der Waals surface area contributed by atoms with Crippen LogP contribution < -0.4 is 15.4 Å². The highest BCUT2D eigenvalue weighted by molar-refractivity contribution is 7.14. The van der Waals surface area contributed by atoms with E-state index in [0.29, 0.717) is 5.82 Å². The van der Waals surface area contributed by atoms with Crippen molar-refractivity contribution >= 4 is 16.5 Å². The van der Waals surface area contributed by atoms with E-state index in [1.54, 1.807) is 18.4 Å². The number of ether oxygens (including phenoxy) is 1. The number of unbranched alkanes of at least 4 members (excludes halogenated alkanes) is 1. The van der Waals surface area contributed by atoms with Crippen LogP contribution in [0.2, 0.25) is 0 Å². The first kappa shape index (κ1) is 24.3. The van der Waals surface area contributed by atoms with Crippen molar-refractivity contribution in [3.63, 3.8) is 0 Å². The Hall–Kier alpha value is -3.39. The molecule has 0 aliphatic rings. The Morgan fingerprint density at radius 3 is 2.39 bits per heavy atom. The van der Waals surface area contributed by atoms with Crippen LogP contribution in [0.25, 0.3) is 22.6 Å². The molecule has 0 aliphatic carbocycles. The zero-order chi connectivity index (χ0) is 23.6. The van der Waals surface area contributed by atoms with Crippen LogP contribution in [0.1, 0.15) is 40.6 Å². The monoisotopic (exact) mass is 468 g/mol. The van der Waals surface area contributed by atoms with E-state index in [1.165, 1.54) is 0 Å². The second-order valence-corrected chi connectivity index (χ2v) is 8.00. The largest absolute Gasteiger partial charge is 0.497 e. The third-order valence-electron chi connectivity index (χ3n) is 4.97. The van der Waals surface area contributed by atoms with Crippen molar-refractivity contribution in [2.45, 2.75) is 40.2 Å². The fraction of sp³-hybridized carbons (Fsp3) is 0.320. The number of aromatic nitrogens is 3. The number of methoxy groups -OCH3 is 1. The van der Waals surface area contributed by atoms with Crippen molar-refractivity contribution < 1.29 is 10.7 Å². The van der Waals surface area contributed by atoms with Crippen LogP contribution >= 0.6 is 11.3 Å². The summed E-state index contributed by atoms with van der Waals surface area (Å²) < 4.78 is 9.83. The maximum atomic E-state index is 11.2. The van der Waals surface area contributed by atoms with Gasteiger partial charge >= 0.3 is 5.76 Å². The average Bonchev–Trinajstić information content (AvgIpc) is 3.53. The van der Waals surface area contributed by atoms with Crippen molar-refractivity contribution in [1.29, 1.82) is 0 Å². The normalized spacial score (nSPS) is 10.4. The van der Waals surface area contributed by atoms with E-state index in [2.05, 4.69) is 31.9 Å². The summed E-state index contributed by atoms with van der Waals surface area (Å²) in [5.41, 5.74) is 4.01. The summed E-state index contributed by atoms with van der Waals surface area (Å²) in [7, 11) is 1.67. The molecule has 0 amide bonds. The van der Waals surface area contributed by atoms with Gasteiger partial charge in [-0.05, 0) is 36.2 Å². The Morgan fingerprint density at radius 1 is 1.09 bits per heavy atom. The van der Waals surface area contributed by atoms with Crippen molar-refractivity contribution in [3.8, 4) is 28.4 Å². The number of benzene rings is 2. The molecule has 1 N–H and O–H groups in total. The van der Waals surface area contributed by atoms with Crippen LogP contribution in [-0.4, -0.2) is 28.8 Å².